The molecule has 1 aromatic carbocycles. The predicted octanol–water partition coefficient (Wildman–Crippen LogP) is 2.22. The molecule has 0 bridgehead atoms. The first-order valence-corrected chi connectivity index (χ1v) is 14.2. The number of carbonyl (C=O) groups excluding carboxylic acids is 3. The molecule has 3 aromatic rings. The molecule has 2 fully saturated rings. The summed E-state index contributed by atoms with van der Waals surface area (Å²) < 4.78 is 38.6. The number of methoxy groups -OCH3 is 1. The fraction of sp³-hybridized carbons (Fsp3) is 0.407. The molecule has 12 heteroatoms. The summed E-state index contributed by atoms with van der Waals surface area (Å²) >= 11 is 0. The molecule has 5 rings (SSSR count). The maximum absolute atomic E-state index is 13.8. The minimum Gasteiger partial charge on any atom is -0.497 e. The van der Waals surface area contributed by atoms with E-state index in [1.807, 2.05) is 13.8 Å². The number of sulfonamides is 1. The first-order chi connectivity index (χ1) is 18.6. The van der Waals surface area contributed by atoms with Crippen molar-refractivity contribution in [1.82, 2.24) is 19.5 Å². The van der Waals surface area contributed by atoms with Crippen molar-refractivity contribution in [3.63, 3.8) is 0 Å². The van der Waals surface area contributed by atoms with Crippen LogP contribution in [0.4, 0.5) is 0 Å². The van der Waals surface area contributed by atoms with Gasteiger partial charge in [0.05, 0.1) is 19.7 Å². The van der Waals surface area contributed by atoms with E-state index >= 15 is 0 Å². The molecule has 2 saturated heterocycles. The second-order valence-electron chi connectivity index (χ2n) is 10.2. The largest absolute Gasteiger partial charge is 0.497 e. The van der Waals surface area contributed by atoms with Crippen LogP contribution >= 0.6 is 0 Å². The van der Waals surface area contributed by atoms with Crippen LogP contribution in [0, 0.1) is 5.92 Å². The lowest BCUT2D eigenvalue weighted by molar-refractivity contribution is -0.138. The van der Waals surface area contributed by atoms with E-state index in [1.165, 1.54) is 33.7 Å². The molecule has 3 unspecified atom stereocenters. The Morgan fingerprint density at radius 3 is 2.72 bits per heavy atom. The predicted molar refractivity (Wildman–Crippen MR) is 141 cm³/mol. The topological polar surface area (TPSA) is 139 Å². The number of carbonyl (C=O) groups is 3. The number of rotatable bonds is 8. The van der Waals surface area contributed by atoms with Gasteiger partial charge >= 0.3 is 0 Å². The fourth-order valence-corrected chi connectivity index (χ4v) is 6.95. The zero-order valence-corrected chi connectivity index (χ0v) is 22.7. The molecule has 206 valence electrons. The number of likely N-dealkylation sites (tertiary alicyclic amines) is 1. The number of ether oxygens (including phenoxy) is 1. The van der Waals surface area contributed by atoms with Gasteiger partial charge in [0, 0.05) is 24.3 Å². The Hall–Kier alpha value is -3.77. The van der Waals surface area contributed by atoms with Crippen LogP contribution in [0.1, 0.15) is 37.2 Å². The van der Waals surface area contributed by atoms with Crippen molar-refractivity contribution in [2.45, 2.75) is 49.7 Å². The van der Waals surface area contributed by atoms with Gasteiger partial charge in [0.25, 0.3) is 5.91 Å². The summed E-state index contributed by atoms with van der Waals surface area (Å²) in [5.41, 5.74) is 0.501. The number of hydrogen-bond donors (Lipinski definition) is 1. The third kappa shape index (κ3) is 5.01. The van der Waals surface area contributed by atoms with Crippen LogP contribution in [0.3, 0.4) is 0 Å². The van der Waals surface area contributed by atoms with Crippen molar-refractivity contribution in [3.05, 3.63) is 54.6 Å². The molecular weight excluding hydrogens is 524 g/mol. The summed E-state index contributed by atoms with van der Waals surface area (Å²) in [6.07, 6.45) is 3.36. The van der Waals surface area contributed by atoms with Gasteiger partial charge in [0.1, 0.15) is 28.3 Å². The molecule has 39 heavy (non-hydrogen) atoms. The van der Waals surface area contributed by atoms with E-state index in [2.05, 4.69) is 10.3 Å². The second kappa shape index (κ2) is 10.4. The quantitative estimate of drug-likeness (QED) is 0.447. The zero-order chi connectivity index (χ0) is 27.9. The summed E-state index contributed by atoms with van der Waals surface area (Å²) in [6.45, 7) is 3.74. The van der Waals surface area contributed by atoms with Gasteiger partial charge in [-0.2, -0.15) is 4.31 Å². The van der Waals surface area contributed by atoms with E-state index < -0.39 is 40.0 Å². The van der Waals surface area contributed by atoms with Crippen LogP contribution in [0.2, 0.25) is 0 Å². The normalized spacial score (nSPS) is 20.4. The van der Waals surface area contributed by atoms with Gasteiger partial charge in [-0.05, 0) is 55.2 Å². The Balaban J connectivity index is 1.36. The maximum atomic E-state index is 13.8. The average molecular weight is 555 g/mol. The van der Waals surface area contributed by atoms with Gasteiger partial charge in [0.15, 0.2) is 11.5 Å². The number of fused-ring (bicyclic) bond motifs is 2. The lowest BCUT2D eigenvalue weighted by atomic mass is 10.0. The molecule has 2 aromatic heterocycles. The molecule has 4 heterocycles. The van der Waals surface area contributed by atoms with Gasteiger partial charge in [-0.1, -0.05) is 13.8 Å². The van der Waals surface area contributed by atoms with E-state index in [0.29, 0.717) is 29.6 Å². The number of nitrogens with one attached hydrogen (secondary N) is 1. The van der Waals surface area contributed by atoms with Crippen molar-refractivity contribution in [3.8, 4) is 5.75 Å². The highest BCUT2D eigenvalue weighted by Gasteiger charge is 2.54. The van der Waals surface area contributed by atoms with Crippen molar-refractivity contribution < 1.29 is 32.0 Å². The van der Waals surface area contributed by atoms with Crippen molar-refractivity contribution in [2.75, 3.05) is 20.2 Å². The summed E-state index contributed by atoms with van der Waals surface area (Å²) in [6, 6.07) is 7.19. The van der Waals surface area contributed by atoms with Crippen molar-refractivity contribution in [2.24, 2.45) is 5.92 Å². The summed E-state index contributed by atoms with van der Waals surface area (Å²) in [4.78, 5) is 45.3. The Kier molecular flexibility index (Phi) is 7.17. The number of hydrogen-bond acceptors (Lipinski definition) is 8. The zero-order valence-electron chi connectivity index (χ0n) is 21.9. The van der Waals surface area contributed by atoms with Gasteiger partial charge < -0.3 is 19.4 Å². The molecule has 0 spiro atoms. The SMILES string of the molecule is COc1ccc2oc(C(=O)NC(CC(C)C)C(=O)N3CCC4C3C(=O)CN4S(=O)(=O)c3cccnc3)cc2c1. The van der Waals surface area contributed by atoms with Crippen LogP contribution in [0.5, 0.6) is 5.75 Å². The van der Waals surface area contributed by atoms with Crippen LogP contribution in [0.15, 0.2) is 58.1 Å². The maximum Gasteiger partial charge on any atom is 0.287 e. The third-order valence-electron chi connectivity index (χ3n) is 7.16. The standard InChI is InChI=1S/C27H30N4O7S/c1-16(2)11-20(29-26(33)24-13-17-12-18(37-3)6-7-23(17)38-24)27(34)30-10-8-21-25(30)22(32)15-31(21)39(35,36)19-5-4-9-28-14-19/h4-7,9,12-14,16,20-21,25H,8,10-11,15H2,1-3H3,(H,29,33). The number of amides is 2. The van der Waals surface area contributed by atoms with E-state index in [-0.39, 0.29) is 35.4 Å². The second-order valence-corrected chi connectivity index (χ2v) is 12.1. The molecule has 2 aliphatic rings. The number of pyridine rings is 1. The van der Waals surface area contributed by atoms with E-state index in [1.54, 1.807) is 31.4 Å². The van der Waals surface area contributed by atoms with Gasteiger partial charge in [-0.25, -0.2) is 8.42 Å². The van der Waals surface area contributed by atoms with E-state index in [9.17, 15) is 22.8 Å². The average Bonchev–Trinajstić information content (AvgIpc) is 3.63. The molecular formula is C27H30N4O7S. The van der Waals surface area contributed by atoms with E-state index in [0.717, 1.165) is 0 Å². The number of ketones is 1. The molecule has 11 nitrogen and oxygen atoms in total. The Labute approximate surface area is 226 Å². The van der Waals surface area contributed by atoms with Gasteiger partial charge in [0.2, 0.25) is 15.9 Å². The number of furan rings is 1. The Bertz CT molecular complexity index is 1520. The van der Waals surface area contributed by atoms with Gasteiger partial charge in [-0.3, -0.25) is 19.4 Å². The number of aromatic nitrogens is 1. The molecule has 2 aliphatic heterocycles. The van der Waals surface area contributed by atoms with Gasteiger partial charge in [-0.15, -0.1) is 0 Å². The molecule has 0 saturated carbocycles. The van der Waals surface area contributed by atoms with Crippen LogP contribution < -0.4 is 10.1 Å². The monoisotopic (exact) mass is 554 g/mol. The minimum atomic E-state index is -3.97. The highest BCUT2D eigenvalue weighted by atomic mass is 32.2. The number of benzene rings is 1. The van der Waals surface area contributed by atoms with Crippen molar-refractivity contribution in [1.29, 1.82) is 0 Å². The van der Waals surface area contributed by atoms with Crippen LogP contribution in [-0.4, -0.2) is 78.5 Å². The van der Waals surface area contributed by atoms with E-state index in [4.69, 9.17) is 9.15 Å². The molecule has 0 radical (unpaired) electrons. The molecule has 3 atom stereocenters. The lowest BCUT2D eigenvalue weighted by Crippen LogP contribution is -2.52. The Morgan fingerprint density at radius 1 is 1.23 bits per heavy atom. The molecule has 1 N–H and O–H groups in total. The molecule has 2 amide bonds. The lowest BCUT2D eigenvalue weighted by Gasteiger charge is -2.29. The first-order valence-electron chi connectivity index (χ1n) is 12.7. The summed E-state index contributed by atoms with van der Waals surface area (Å²) in [5, 5.41) is 3.47. The summed E-state index contributed by atoms with van der Waals surface area (Å²) in [7, 11) is -2.42. The number of nitrogens with zero attached hydrogens (tertiary/aromatic N) is 3. The third-order valence-corrected chi connectivity index (χ3v) is 9.01. The minimum absolute atomic E-state index is 0.00312. The first kappa shape index (κ1) is 26.8. The van der Waals surface area contributed by atoms with Crippen molar-refractivity contribution >= 4 is 38.6 Å². The summed E-state index contributed by atoms with van der Waals surface area (Å²) in [5.74, 6) is -0.606. The smallest absolute Gasteiger partial charge is 0.287 e. The van der Waals surface area contributed by atoms with Crippen LogP contribution in [-0.2, 0) is 19.6 Å². The highest BCUT2D eigenvalue weighted by molar-refractivity contribution is 7.89. The van der Waals surface area contributed by atoms with Crippen LogP contribution in [0.25, 0.3) is 11.0 Å². The molecule has 0 aliphatic carbocycles. The Morgan fingerprint density at radius 2 is 2.03 bits per heavy atom. The highest BCUT2D eigenvalue weighted by Crippen LogP contribution is 2.34. The number of Topliss-reactive ketones (excluding diaryl/α,β-unsaturated/α-hetero) is 1. The fourth-order valence-electron chi connectivity index (χ4n) is 5.36.